The second-order valence-corrected chi connectivity index (χ2v) is 6.32. The molecule has 0 aliphatic heterocycles. The third kappa shape index (κ3) is 7.57. The second-order valence-electron chi connectivity index (χ2n) is 5.12. The quantitative estimate of drug-likeness (QED) is 0.362. The molecule has 0 spiro atoms. The Labute approximate surface area is 165 Å². The van der Waals surface area contributed by atoms with Crippen molar-refractivity contribution in [3.63, 3.8) is 0 Å². The molecule has 2 heterocycles. The Morgan fingerprint density at radius 1 is 1.21 bits per heavy atom. The third-order valence-corrected chi connectivity index (χ3v) is 4.52. The number of hydrogen-bond donors (Lipinski definition) is 2. The average molecular weight is 459 g/mol. The summed E-state index contributed by atoms with van der Waals surface area (Å²) in [7, 11) is 0. The number of thiazole rings is 1. The van der Waals surface area contributed by atoms with E-state index in [1.807, 2.05) is 18.5 Å². The molecule has 0 bridgehead atoms. The SMILES string of the molecule is CCNC(=NCCc1ncc(CC)s1)NCCc1cccnc1.I. The minimum Gasteiger partial charge on any atom is -0.357 e. The lowest BCUT2D eigenvalue weighted by molar-refractivity contribution is 0.794. The fraction of sp³-hybridized carbons (Fsp3) is 0.471. The van der Waals surface area contributed by atoms with Crippen LogP contribution in [-0.2, 0) is 19.3 Å². The predicted molar refractivity (Wildman–Crippen MR) is 113 cm³/mol. The standard InChI is InChI=1S/C17H25N5S.HI/c1-3-15-13-22-16(23-15)8-11-21-17(19-4-2)20-10-7-14-6-5-9-18-12-14;/h5-6,9,12-13H,3-4,7-8,10-11H2,1-2H3,(H2,19,20,21);1H. The maximum Gasteiger partial charge on any atom is 0.191 e. The van der Waals surface area contributed by atoms with Crippen molar-refractivity contribution >= 4 is 41.3 Å². The van der Waals surface area contributed by atoms with Crippen LogP contribution in [0.4, 0.5) is 0 Å². The van der Waals surface area contributed by atoms with Crippen LogP contribution in [0.3, 0.4) is 0 Å². The first-order valence-electron chi connectivity index (χ1n) is 8.16. The van der Waals surface area contributed by atoms with Gasteiger partial charge in [-0.25, -0.2) is 4.98 Å². The number of halogens is 1. The van der Waals surface area contributed by atoms with Crippen LogP contribution in [0.25, 0.3) is 0 Å². The van der Waals surface area contributed by atoms with Gasteiger partial charge in [0, 0.05) is 49.5 Å². The highest BCUT2D eigenvalue weighted by Gasteiger charge is 2.01. The number of nitrogens with zero attached hydrogens (tertiary/aromatic N) is 3. The van der Waals surface area contributed by atoms with Crippen molar-refractivity contribution < 1.29 is 0 Å². The minimum absolute atomic E-state index is 0. The fourth-order valence-electron chi connectivity index (χ4n) is 2.10. The number of aryl methyl sites for hydroxylation is 1. The van der Waals surface area contributed by atoms with Crippen LogP contribution in [0.2, 0.25) is 0 Å². The van der Waals surface area contributed by atoms with Gasteiger partial charge in [0.15, 0.2) is 5.96 Å². The molecule has 24 heavy (non-hydrogen) atoms. The lowest BCUT2D eigenvalue weighted by atomic mass is 10.2. The van der Waals surface area contributed by atoms with E-state index in [1.54, 1.807) is 17.5 Å². The van der Waals surface area contributed by atoms with E-state index in [2.05, 4.69) is 45.5 Å². The average Bonchev–Trinajstić information content (AvgIpc) is 3.04. The molecule has 0 radical (unpaired) electrons. The number of pyridine rings is 1. The fourth-order valence-corrected chi connectivity index (χ4v) is 2.95. The Hall–Kier alpha value is -1.22. The molecule has 132 valence electrons. The summed E-state index contributed by atoms with van der Waals surface area (Å²) < 4.78 is 0. The maximum atomic E-state index is 4.62. The van der Waals surface area contributed by atoms with Crippen LogP contribution in [-0.4, -0.2) is 35.6 Å². The molecule has 0 aliphatic carbocycles. The normalized spacial score (nSPS) is 11.0. The summed E-state index contributed by atoms with van der Waals surface area (Å²) in [6, 6.07) is 4.06. The predicted octanol–water partition coefficient (Wildman–Crippen LogP) is 3.06. The highest BCUT2D eigenvalue weighted by atomic mass is 127. The third-order valence-electron chi connectivity index (χ3n) is 3.32. The zero-order valence-electron chi connectivity index (χ0n) is 14.3. The molecule has 2 N–H and O–H groups in total. The summed E-state index contributed by atoms with van der Waals surface area (Å²) in [5.74, 6) is 0.865. The van der Waals surface area contributed by atoms with E-state index >= 15 is 0 Å². The van der Waals surface area contributed by atoms with E-state index in [0.717, 1.165) is 49.9 Å². The summed E-state index contributed by atoms with van der Waals surface area (Å²) in [5.41, 5.74) is 1.23. The highest BCUT2D eigenvalue weighted by molar-refractivity contribution is 14.0. The van der Waals surface area contributed by atoms with Gasteiger partial charge in [-0.3, -0.25) is 9.98 Å². The molecule has 0 fully saturated rings. The van der Waals surface area contributed by atoms with Gasteiger partial charge in [0.1, 0.15) is 0 Å². The van der Waals surface area contributed by atoms with Gasteiger partial charge in [0.05, 0.1) is 5.01 Å². The van der Waals surface area contributed by atoms with E-state index in [4.69, 9.17) is 0 Å². The summed E-state index contributed by atoms with van der Waals surface area (Å²) in [5, 5.41) is 7.81. The van der Waals surface area contributed by atoms with Gasteiger partial charge in [-0.2, -0.15) is 0 Å². The molecule has 0 saturated carbocycles. The zero-order valence-corrected chi connectivity index (χ0v) is 17.4. The maximum absolute atomic E-state index is 4.62. The van der Waals surface area contributed by atoms with Crippen molar-refractivity contribution in [3.8, 4) is 0 Å². The number of aliphatic imine (C=N–C) groups is 1. The smallest absolute Gasteiger partial charge is 0.191 e. The number of rotatable bonds is 8. The molecular formula is C17H26IN5S. The first-order valence-corrected chi connectivity index (χ1v) is 8.98. The van der Waals surface area contributed by atoms with Gasteiger partial charge in [-0.15, -0.1) is 35.3 Å². The molecular weight excluding hydrogens is 433 g/mol. The molecule has 7 heteroatoms. The van der Waals surface area contributed by atoms with Gasteiger partial charge in [-0.1, -0.05) is 13.0 Å². The Bertz CT molecular complexity index is 600. The van der Waals surface area contributed by atoms with Crippen molar-refractivity contribution in [2.45, 2.75) is 33.1 Å². The Balaban J connectivity index is 0.00000288. The second kappa shape index (κ2) is 12.2. The van der Waals surface area contributed by atoms with Crippen molar-refractivity contribution in [3.05, 3.63) is 46.2 Å². The van der Waals surface area contributed by atoms with Crippen molar-refractivity contribution in [2.75, 3.05) is 19.6 Å². The number of guanidine groups is 1. The van der Waals surface area contributed by atoms with E-state index < -0.39 is 0 Å². The van der Waals surface area contributed by atoms with Crippen molar-refractivity contribution in [1.82, 2.24) is 20.6 Å². The number of aromatic nitrogens is 2. The van der Waals surface area contributed by atoms with Gasteiger partial charge in [0.2, 0.25) is 0 Å². The van der Waals surface area contributed by atoms with E-state index in [9.17, 15) is 0 Å². The number of nitrogens with one attached hydrogen (secondary N) is 2. The van der Waals surface area contributed by atoms with Crippen LogP contribution in [0, 0.1) is 0 Å². The summed E-state index contributed by atoms with van der Waals surface area (Å²) in [6.45, 7) is 6.68. The van der Waals surface area contributed by atoms with Crippen LogP contribution < -0.4 is 10.6 Å². The summed E-state index contributed by atoms with van der Waals surface area (Å²) in [4.78, 5) is 14.5. The Morgan fingerprint density at radius 2 is 2.08 bits per heavy atom. The van der Waals surface area contributed by atoms with E-state index in [1.165, 1.54) is 10.4 Å². The zero-order chi connectivity index (χ0) is 16.3. The largest absolute Gasteiger partial charge is 0.357 e. The van der Waals surface area contributed by atoms with E-state index in [0.29, 0.717) is 0 Å². The highest BCUT2D eigenvalue weighted by Crippen LogP contribution is 2.13. The van der Waals surface area contributed by atoms with Crippen LogP contribution in [0.1, 0.15) is 29.3 Å². The number of hydrogen-bond acceptors (Lipinski definition) is 4. The van der Waals surface area contributed by atoms with Crippen molar-refractivity contribution in [1.29, 1.82) is 0 Å². The lowest BCUT2D eigenvalue weighted by Gasteiger charge is -2.11. The van der Waals surface area contributed by atoms with Crippen LogP contribution in [0.15, 0.2) is 35.7 Å². The first kappa shape index (κ1) is 20.8. The van der Waals surface area contributed by atoms with E-state index in [-0.39, 0.29) is 24.0 Å². The minimum atomic E-state index is 0. The first-order chi connectivity index (χ1) is 11.3. The molecule has 0 atom stereocenters. The lowest BCUT2D eigenvalue weighted by Crippen LogP contribution is -2.38. The van der Waals surface area contributed by atoms with Gasteiger partial charge in [0.25, 0.3) is 0 Å². The Kier molecular flexibility index (Phi) is 10.6. The molecule has 0 amide bonds. The molecule has 2 aromatic heterocycles. The molecule has 2 aromatic rings. The Morgan fingerprint density at radius 3 is 2.75 bits per heavy atom. The molecule has 0 aliphatic rings. The monoisotopic (exact) mass is 459 g/mol. The van der Waals surface area contributed by atoms with Crippen LogP contribution in [0.5, 0.6) is 0 Å². The van der Waals surface area contributed by atoms with Crippen LogP contribution >= 0.6 is 35.3 Å². The molecule has 0 unspecified atom stereocenters. The summed E-state index contributed by atoms with van der Waals surface area (Å²) in [6.07, 6.45) is 8.56. The molecule has 5 nitrogen and oxygen atoms in total. The van der Waals surface area contributed by atoms with Gasteiger partial charge in [-0.05, 0) is 31.4 Å². The van der Waals surface area contributed by atoms with Crippen molar-refractivity contribution in [2.24, 2.45) is 4.99 Å². The topological polar surface area (TPSA) is 62.2 Å². The van der Waals surface area contributed by atoms with Gasteiger partial charge >= 0.3 is 0 Å². The van der Waals surface area contributed by atoms with Gasteiger partial charge < -0.3 is 10.6 Å². The molecule has 2 rings (SSSR count). The summed E-state index contributed by atoms with van der Waals surface area (Å²) >= 11 is 1.78. The molecule has 0 aromatic carbocycles. The molecule has 0 saturated heterocycles.